The molecular formula is C16H30N4O. The molecule has 1 aliphatic heterocycles. The number of nitriles is 1. The molecule has 2 unspecified atom stereocenters. The lowest BCUT2D eigenvalue weighted by Crippen LogP contribution is -2.50. The lowest BCUT2D eigenvalue weighted by molar-refractivity contribution is -0.135. The molecule has 1 saturated heterocycles. The number of rotatable bonds is 8. The van der Waals surface area contributed by atoms with E-state index in [2.05, 4.69) is 25.2 Å². The van der Waals surface area contributed by atoms with Gasteiger partial charge < -0.3 is 16.0 Å². The molecule has 2 atom stereocenters. The zero-order chi connectivity index (χ0) is 15.7. The number of carbonyl (C=O) groups excluding carboxylic acids is 1. The number of likely N-dealkylation sites (tertiary alicyclic amines) is 1. The Bertz CT molecular complexity index is 351. The van der Waals surface area contributed by atoms with Gasteiger partial charge in [-0.15, -0.1) is 0 Å². The largest absolute Gasteiger partial charge is 0.325 e. The fourth-order valence-electron chi connectivity index (χ4n) is 2.67. The average Bonchev–Trinajstić information content (AvgIpc) is 2.49. The highest BCUT2D eigenvalue weighted by Crippen LogP contribution is 2.18. The average molecular weight is 294 g/mol. The molecule has 1 amide bonds. The van der Waals surface area contributed by atoms with E-state index in [1.165, 1.54) is 0 Å². The number of unbranched alkanes of at least 4 members (excludes halogenated alkanes) is 1. The number of carbonyl (C=O) groups is 1. The van der Waals surface area contributed by atoms with Crippen LogP contribution >= 0.6 is 0 Å². The fourth-order valence-corrected chi connectivity index (χ4v) is 2.67. The Morgan fingerprint density at radius 2 is 2.19 bits per heavy atom. The van der Waals surface area contributed by atoms with Crippen LogP contribution in [0.4, 0.5) is 0 Å². The Morgan fingerprint density at radius 1 is 1.43 bits per heavy atom. The van der Waals surface area contributed by atoms with E-state index in [1.54, 1.807) is 4.90 Å². The Balaban J connectivity index is 2.23. The Kier molecular flexibility index (Phi) is 8.33. The second kappa shape index (κ2) is 9.75. The number of nitrogens with one attached hydrogen (secondary N) is 1. The van der Waals surface area contributed by atoms with E-state index in [0.29, 0.717) is 18.9 Å². The SMILES string of the molecule is CC(C)CNCCCCC(N)C(=O)N1CCCCC1C#N. The molecule has 5 nitrogen and oxygen atoms in total. The number of nitrogens with two attached hydrogens (primary N) is 1. The summed E-state index contributed by atoms with van der Waals surface area (Å²) in [5.74, 6) is 0.618. The topological polar surface area (TPSA) is 82.2 Å². The first-order chi connectivity index (χ1) is 10.1. The van der Waals surface area contributed by atoms with Crippen molar-refractivity contribution in [1.82, 2.24) is 10.2 Å². The van der Waals surface area contributed by atoms with Gasteiger partial charge in [0, 0.05) is 6.54 Å². The van der Waals surface area contributed by atoms with Gasteiger partial charge in [-0.05, 0) is 51.1 Å². The van der Waals surface area contributed by atoms with E-state index >= 15 is 0 Å². The summed E-state index contributed by atoms with van der Waals surface area (Å²) < 4.78 is 0. The second-order valence-corrected chi connectivity index (χ2v) is 6.37. The van der Waals surface area contributed by atoms with Crippen LogP contribution in [0.2, 0.25) is 0 Å². The normalized spacial score (nSPS) is 20.3. The summed E-state index contributed by atoms with van der Waals surface area (Å²) in [5.41, 5.74) is 6.01. The molecule has 1 rings (SSSR count). The molecule has 120 valence electrons. The van der Waals surface area contributed by atoms with Gasteiger partial charge in [0.1, 0.15) is 6.04 Å². The number of hydrogen-bond donors (Lipinski definition) is 2. The third-order valence-electron chi connectivity index (χ3n) is 3.92. The van der Waals surface area contributed by atoms with Crippen LogP contribution in [0.25, 0.3) is 0 Å². The highest BCUT2D eigenvalue weighted by molar-refractivity contribution is 5.82. The van der Waals surface area contributed by atoms with Crippen LogP contribution in [-0.4, -0.2) is 42.5 Å². The van der Waals surface area contributed by atoms with E-state index in [9.17, 15) is 4.79 Å². The molecule has 1 heterocycles. The Labute approximate surface area is 128 Å². The molecule has 0 bridgehead atoms. The molecular weight excluding hydrogens is 264 g/mol. The standard InChI is InChI=1S/C16H30N4O/c1-13(2)12-19-9-5-3-8-15(18)16(21)20-10-6-4-7-14(20)11-17/h13-15,19H,3-10,12,18H2,1-2H3. The van der Waals surface area contributed by atoms with Crippen molar-refractivity contribution in [2.24, 2.45) is 11.7 Å². The molecule has 0 saturated carbocycles. The van der Waals surface area contributed by atoms with Crippen molar-refractivity contribution < 1.29 is 4.79 Å². The van der Waals surface area contributed by atoms with Gasteiger partial charge >= 0.3 is 0 Å². The molecule has 21 heavy (non-hydrogen) atoms. The van der Waals surface area contributed by atoms with E-state index in [4.69, 9.17) is 11.0 Å². The van der Waals surface area contributed by atoms with Crippen molar-refractivity contribution in [3.05, 3.63) is 0 Å². The van der Waals surface area contributed by atoms with Gasteiger partial charge in [0.25, 0.3) is 0 Å². The van der Waals surface area contributed by atoms with Gasteiger partial charge in [-0.25, -0.2) is 0 Å². The van der Waals surface area contributed by atoms with E-state index < -0.39 is 6.04 Å². The van der Waals surface area contributed by atoms with Crippen LogP contribution in [0, 0.1) is 17.2 Å². The first-order valence-corrected chi connectivity index (χ1v) is 8.22. The molecule has 1 aliphatic rings. The van der Waals surface area contributed by atoms with Crippen LogP contribution in [0.5, 0.6) is 0 Å². The van der Waals surface area contributed by atoms with Crippen molar-refractivity contribution in [3.63, 3.8) is 0 Å². The third-order valence-corrected chi connectivity index (χ3v) is 3.92. The van der Waals surface area contributed by atoms with Crippen molar-refractivity contribution in [3.8, 4) is 6.07 Å². The fraction of sp³-hybridized carbons (Fsp3) is 0.875. The van der Waals surface area contributed by atoms with Gasteiger partial charge in [0.2, 0.25) is 5.91 Å². The van der Waals surface area contributed by atoms with Crippen LogP contribution in [0.15, 0.2) is 0 Å². The number of hydrogen-bond acceptors (Lipinski definition) is 4. The van der Waals surface area contributed by atoms with Gasteiger partial charge in [0.15, 0.2) is 0 Å². The zero-order valence-electron chi connectivity index (χ0n) is 13.5. The van der Waals surface area contributed by atoms with Crippen LogP contribution in [0.1, 0.15) is 52.4 Å². The van der Waals surface area contributed by atoms with Crippen molar-refractivity contribution in [2.75, 3.05) is 19.6 Å². The molecule has 5 heteroatoms. The van der Waals surface area contributed by atoms with Crippen molar-refractivity contribution in [2.45, 2.75) is 64.5 Å². The molecule has 3 N–H and O–H groups in total. The van der Waals surface area contributed by atoms with Crippen LogP contribution in [0.3, 0.4) is 0 Å². The predicted molar refractivity (Wildman–Crippen MR) is 84.5 cm³/mol. The maximum atomic E-state index is 12.3. The smallest absolute Gasteiger partial charge is 0.240 e. The summed E-state index contributed by atoms with van der Waals surface area (Å²) in [5, 5.41) is 12.5. The summed E-state index contributed by atoms with van der Waals surface area (Å²) in [4.78, 5) is 14.0. The summed E-state index contributed by atoms with van der Waals surface area (Å²) in [6.07, 6.45) is 5.48. The van der Waals surface area contributed by atoms with Crippen molar-refractivity contribution >= 4 is 5.91 Å². The minimum Gasteiger partial charge on any atom is -0.325 e. The van der Waals surface area contributed by atoms with Gasteiger partial charge in [-0.3, -0.25) is 4.79 Å². The highest BCUT2D eigenvalue weighted by atomic mass is 16.2. The van der Waals surface area contributed by atoms with E-state index in [-0.39, 0.29) is 11.9 Å². The van der Waals surface area contributed by atoms with Gasteiger partial charge in [-0.1, -0.05) is 20.3 Å². The predicted octanol–water partition coefficient (Wildman–Crippen LogP) is 1.63. The molecule has 0 aromatic carbocycles. The van der Waals surface area contributed by atoms with Gasteiger partial charge in [0.05, 0.1) is 12.1 Å². The first-order valence-electron chi connectivity index (χ1n) is 8.22. The molecule has 0 radical (unpaired) electrons. The summed E-state index contributed by atoms with van der Waals surface area (Å²) in [6, 6.07) is 1.50. The zero-order valence-corrected chi connectivity index (χ0v) is 13.5. The first kappa shape index (κ1) is 17.9. The number of piperidine rings is 1. The Hall–Kier alpha value is -1.12. The van der Waals surface area contributed by atoms with Crippen LogP contribution in [-0.2, 0) is 4.79 Å². The Morgan fingerprint density at radius 3 is 2.86 bits per heavy atom. The summed E-state index contributed by atoms with van der Waals surface area (Å²) >= 11 is 0. The molecule has 0 aromatic heterocycles. The quantitative estimate of drug-likeness (QED) is 0.667. The molecule has 0 spiro atoms. The molecule has 0 aliphatic carbocycles. The van der Waals surface area contributed by atoms with Gasteiger partial charge in [-0.2, -0.15) is 5.26 Å². The minimum absolute atomic E-state index is 0.0450. The lowest BCUT2D eigenvalue weighted by atomic mass is 10.0. The summed E-state index contributed by atoms with van der Waals surface area (Å²) in [7, 11) is 0. The molecule has 1 fully saturated rings. The van der Waals surface area contributed by atoms with E-state index in [0.717, 1.165) is 45.2 Å². The third kappa shape index (κ3) is 6.45. The number of amides is 1. The van der Waals surface area contributed by atoms with E-state index in [1.807, 2.05) is 0 Å². The molecule has 0 aromatic rings. The highest BCUT2D eigenvalue weighted by Gasteiger charge is 2.29. The minimum atomic E-state index is -0.455. The second-order valence-electron chi connectivity index (χ2n) is 6.37. The number of nitrogens with zero attached hydrogens (tertiary/aromatic N) is 2. The lowest BCUT2D eigenvalue weighted by Gasteiger charge is -2.33. The monoisotopic (exact) mass is 294 g/mol. The maximum Gasteiger partial charge on any atom is 0.240 e. The van der Waals surface area contributed by atoms with Crippen LogP contribution < -0.4 is 11.1 Å². The summed E-state index contributed by atoms with van der Waals surface area (Å²) in [6.45, 7) is 7.06. The maximum absolute atomic E-state index is 12.3. The van der Waals surface area contributed by atoms with Crippen molar-refractivity contribution in [1.29, 1.82) is 5.26 Å².